The maximum absolute atomic E-state index is 9.78. The quantitative estimate of drug-likeness (QED) is 0.187. The lowest BCUT2D eigenvalue weighted by atomic mass is 9.89. The van der Waals surface area contributed by atoms with Crippen molar-refractivity contribution < 1.29 is 15.1 Å². The number of nitrogens with two attached hydrogens (primary N) is 1. The highest BCUT2D eigenvalue weighted by Crippen LogP contribution is 1.82. The normalized spacial score (nSPS) is 17.2. The summed E-state index contributed by atoms with van der Waals surface area (Å²) in [7, 11) is 4.68. The van der Waals surface area contributed by atoms with Gasteiger partial charge >= 0.3 is 5.97 Å². The summed E-state index contributed by atoms with van der Waals surface area (Å²) in [6.45, 7) is 0. The first-order valence-corrected chi connectivity index (χ1v) is 1.73. The van der Waals surface area contributed by atoms with E-state index >= 15 is 0 Å². The number of hydroxylamine groups is 1. The number of carboxylic acids is 1. The van der Waals surface area contributed by atoms with Crippen LogP contribution in [0.1, 0.15) is 0 Å². The van der Waals surface area contributed by atoms with Crippen LogP contribution in [0, 0.1) is 0 Å². The molecule has 0 aromatic heterocycles. The molecule has 0 aliphatic heterocycles. The molecule has 0 aromatic rings. The molecule has 0 amide bonds. The zero-order valence-electron chi connectivity index (χ0n) is 3.96. The van der Waals surface area contributed by atoms with Crippen molar-refractivity contribution in [3.63, 3.8) is 0 Å². The van der Waals surface area contributed by atoms with E-state index in [2.05, 4.69) is 13.6 Å². The molecular formula is C2H5BN2O3. The van der Waals surface area contributed by atoms with E-state index in [0.29, 0.717) is 0 Å². The first kappa shape index (κ1) is 7.41. The molecule has 0 heterocycles. The summed E-state index contributed by atoms with van der Waals surface area (Å²) in [6, 6.07) is 0. The third kappa shape index (κ3) is 1.49. The van der Waals surface area contributed by atoms with Gasteiger partial charge in [-0.25, -0.2) is 4.79 Å². The van der Waals surface area contributed by atoms with Gasteiger partial charge in [0, 0.05) is 0 Å². The third-order valence-electron chi connectivity index (χ3n) is 0.539. The Morgan fingerprint density at radius 2 is 2.25 bits per heavy atom. The second-order valence-corrected chi connectivity index (χ2v) is 1.29. The number of hydrogen-bond acceptors (Lipinski definition) is 4. The lowest BCUT2D eigenvalue weighted by Crippen LogP contribution is -2.59. The first-order chi connectivity index (χ1) is 3.50. The lowest BCUT2D eigenvalue weighted by molar-refractivity contribution is -0.144. The molecule has 2 radical (unpaired) electrons. The van der Waals surface area contributed by atoms with E-state index in [0.717, 1.165) is 0 Å². The van der Waals surface area contributed by atoms with Gasteiger partial charge in [-0.1, -0.05) is 0 Å². The molecule has 0 bridgehead atoms. The van der Waals surface area contributed by atoms with Crippen LogP contribution in [-0.4, -0.2) is 29.7 Å². The van der Waals surface area contributed by atoms with Gasteiger partial charge in [-0.15, -0.1) is 0 Å². The Labute approximate surface area is 46.8 Å². The molecule has 1 unspecified atom stereocenters. The Kier molecular flexibility index (Phi) is 1.97. The highest BCUT2D eigenvalue weighted by Gasteiger charge is 2.25. The van der Waals surface area contributed by atoms with E-state index in [1.165, 1.54) is 5.48 Å². The van der Waals surface area contributed by atoms with Gasteiger partial charge in [-0.3, -0.25) is 0 Å². The van der Waals surface area contributed by atoms with Crippen molar-refractivity contribution in [1.82, 2.24) is 5.48 Å². The summed E-state index contributed by atoms with van der Waals surface area (Å²) in [4.78, 5) is 9.78. The van der Waals surface area contributed by atoms with E-state index in [-0.39, 0.29) is 0 Å². The number of aliphatic carboxylic acids is 1. The zero-order chi connectivity index (χ0) is 6.78. The van der Waals surface area contributed by atoms with Crippen LogP contribution in [0.2, 0.25) is 0 Å². The number of nitrogens with one attached hydrogen (secondary N) is 1. The number of carboxylic acid groups (broad SMARTS) is 1. The Morgan fingerprint density at radius 1 is 1.88 bits per heavy atom. The van der Waals surface area contributed by atoms with Crippen molar-refractivity contribution in [2.45, 2.75) is 5.56 Å². The molecule has 5 N–H and O–H groups in total. The minimum Gasteiger partial charge on any atom is -0.479 e. The van der Waals surface area contributed by atoms with Gasteiger partial charge in [0.1, 0.15) is 13.4 Å². The fourth-order valence-corrected chi connectivity index (χ4v) is 0.0478. The average molecular weight is 116 g/mol. The Bertz CT molecular complexity index is 103. The Hall–Kier alpha value is -0.585. The second-order valence-electron chi connectivity index (χ2n) is 1.29. The molecule has 5 nitrogen and oxygen atoms in total. The van der Waals surface area contributed by atoms with E-state index in [1.54, 1.807) is 0 Å². The van der Waals surface area contributed by atoms with Crippen LogP contribution < -0.4 is 11.2 Å². The van der Waals surface area contributed by atoms with Gasteiger partial charge in [0.2, 0.25) is 0 Å². The van der Waals surface area contributed by atoms with E-state index < -0.39 is 11.5 Å². The van der Waals surface area contributed by atoms with Gasteiger partial charge in [-0.2, -0.15) is 5.48 Å². The highest BCUT2D eigenvalue weighted by atomic mass is 16.5. The topological polar surface area (TPSA) is 95.6 Å². The standard InChI is InChI=1S/C2H5BN2O3/c3-2(4,5-8)1(6)7/h5,8H,4H2,(H,6,7). The molecular weight excluding hydrogens is 111 g/mol. The summed E-state index contributed by atoms with van der Waals surface area (Å²) in [6.07, 6.45) is 0. The fraction of sp³-hybridized carbons (Fsp3) is 0.500. The summed E-state index contributed by atoms with van der Waals surface area (Å²) in [5.41, 5.74) is 3.64. The van der Waals surface area contributed by atoms with Crippen molar-refractivity contribution in [3.05, 3.63) is 0 Å². The van der Waals surface area contributed by atoms with Crippen molar-refractivity contribution in [1.29, 1.82) is 0 Å². The van der Waals surface area contributed by atoms with Crippen LogP contribution in [0.5, 0.6) is 0 Å². The van der Waals surface area contributed by atoms with Crippen molar-refractivity contribution in [2.24, 2.45) is 5.73 Å². The van der Waals surface area contributed by atoms with E-state index in [1.807, 2.05) is 0 Å². The molecule has 0 spiro atoms. The Balaban J connectivity index is 3.91. The predicted octanol–water partition coefficient (Wildman–Crippen LogP) is -2.17. The Morgan fingerprint density at radius 3 is 2.25 bits per heavy atom. The van der Waals surface area contributed by atoms with Crippen molar-refractivity contribution in [2.75, 3.05) is 0 Å². The van der Waals surface area contributed by atoms with Crippen molar-refractivity contribution in [3.8, 4) is 0 Å². The first-order valence-electron chi connectivity index (χ1n) is 1.73. The van der Waals surface area contributed by atoms with Gasteiger partial charge in [0.15, 0.2) is 0 Å². The van der Waals surface area contributed by atoms with Crippen LogP contribution in [-0.2, 0) is 4.79 Å². The van der Waals surface area contributed by atoms with E-state index in [9.17, 15) is 4.79 Å². The van der Waals surface area contributed by atoms with Crippen LogP contribution >= 0.6 is 0 Å². The summed E-state index contributed by atoms with van der Waals surface area (Å²) >= 11 is 0. The minimum atomic E-state index is -2.24. The molecule has 44 valence electrons. The number of hydrogen-bond donors (Lipinski definition) is 4. The van der Waals surface area contributed by atoms with Gasteiger partial charge in [0.25, 0.3) is 0 Å². The summed E-state index contributed by atoms with van der Waals surface area (Å²) < 4.78 is 0. The molecule has 0 aliphatic carbocycles. The van der Waals surface area contributed by atoms with Crippen molar-refractivity contribution >= 4 is 13.8 Å². The second kappa shape index (κ2) is 2.12. The lowest BCUT2D eigenvalue weighted by Gasteiger charge is -2.15. The monoisotopic (exact) mass is 116 g/mol. The predicted molar refractivity (Wildman–Crippen MR) is 25.2 cm³/mol. The molecule has 0 saturated carbocycles. The highest BCUT2D eigenvalue weighted by molar-refractivity contribution is 6.26. The maximum atomic E-state index is 9.78. The molecule has 6 heteroatoms. The molecule has 0 saturated heterocycles. The van der Waals surface area contributed by atoms with Crippen LogP contribution in [0.25, 0.3) is 0 Å². The van der Waals surface area contributed by atoms with Gasteiger partial charge in [-0.05, 0) is 0 Å². The van der Waals surface area contributed by atoms with Gasteiger partial charge < -0.3 is 16.0 Å². The molecule has 0 fully saturated rings. The SMILES string of the molecule is [B]C(N)(NO)C(=O)O. The summed E-state index contributed by atoms with van der Waals surface area (Å²) in [5, 5.41) is 15.9. The molecule has 0 rings (SSSR count). The van der Waals surface area contributed by atoms with Crippen LogP contribution in [0.3, 0.4) is 0 Å². The smallest absolute Gasteiger partial charge is 0.330 e. The fourth-order valence-electron chi connectivity index (χ4n) is 0.0478. The maximum Gasteiger partial charge on any atom is 0.330 e. The number of carbonyl (C=O) groups is 1. The average Bonchev–Trinajstić information content (AvgIpc) is 1.67. The van der Waals surface area contributed by atoms with E-state index in [4.69, 9.17) is 10.3 Å². The van der Waals surface area contributed by atoms with Gasteiger partial charge in [0.05, 0.1) is 0 Å². The van der Waals surface area contributed by atoms with Crippen LogP contribution in [0.4, 0.5) is 0 Å². The largest absolute Gasteiger partial charge is 0.479 e. The third-order valence-corrected chi connectivity index (χ3v) is 0.539. The molecule has 0 aliphatic rings. The summed E-state index contributed by atoms with van der Waals surface area (Å²) in [5.74, 6) is -1.53. The zero-order valence-corrected chi connectivity index (χ0v) is 3.96. The minimum absolute atomic E-state index is 1.20. The number of rotatable bonds is 2. The van der Waals surface area contributed by atoms with Crippen LogP contribution in [0.15, 0.2) is 0 Å². The molecule has 8 heavy (non-hydrogen) atoms. The molecule has 1 atom stereocenters. The molecule has 0 aromatic carbocycles.